The van der Waals surface area contributed by atoms with Gasteiger partial charge in [-0.3, -0.25) is 0 Å². The monoisotopic (exact) mass is 291 g/mol. The van der Waals surface area contributed by atoms with Crippen molar-refractivity contribution in [2.24, 2.45) is 0 Å². The number of nitrogens with one attached hydrogen (secondary N) is 1. The molecule has 2 heterocycles. The van der Waals surface area contributed by atoms with Gasteiger partial charge in [-0.05, 0) is 25.8 Å². The molecule has 1 aromatic heterocycles. The standard InChI is InChI=1S/C11H17NO4S2/c1-8-11(6-10(7-13)17-8)18(14,15)12-9-2-4-16-5-3-9/h6,9,12-13H,2-5,7H2,1H3. The van der Waals surface area contributed by atoms with E-state index < -0.39 is 10.0 Å². The first-order valence-corrected chi connectivity index (χ1v) is 8.13. The third kappa shape index (κ3) is 3.10. The number of ether oxygens (including phenoxy) is 1. The number of sulfonamides is 1. The van der Waals surface area contributed by atoms with E-state index in [1.54, 1.807) is 13.0 Å². The summed E-state index contributed by atoms with van der Waals surface area (Å²) in [6, 6.07) is 1.49. The summed E-state index contributed by atoms with van der Waals surface area (Å²) in [6.45, 7) is 2.82. The van der Waals surface area contributed by atoms with Gasteiger partial charge in [-0.25, -0.2) is 13.1 Å². The summed E-state index contributed by atoms with van der Waals surface area (Å²) in [5.41, 5.74) is 0. The van der Waals surface area contributed by atoms with E-state index in [0.29, 0.717) is 35.8 Å². The minimum absolute atomic E-state index is 0.0550. The molecule has 2 rings (SSSR count). The first-order valence-electron chi connectivity index (χ1n) is 5.83. The average Bonchev–Trinajstić information content (AvgIpc) is 2.72. The summed E-state index contributed by atoms with van der Waals surface area (Å²) in [4.78, 5) is 1.65. The van der Waals surface area contributed by atoms with E-state index in [2.05, 4.69) is 4.72 Å². The maximum absolute atomic E-state index is 12.2. The lowest BCUT2D eigenvalue weighted by Gasteiger charge is -2.22. The molecule has 0 aliphatic carbocycles. The van der Waals surface area contributed by atoms with Gasteiger partial charge in [0, 0.05) is 29.0 Å². The van der Waals surface area contributed by atoms with Gasteiger partial charge < -0.3 is 9.84 Å². The van der Waals surface area contributed by atoms with Gasteiger partial charge in [-0.15, -0.1) is 11.3 Å². The van der Waals surface area contributed by atoms with Crippen LogP contribution in [0.25, 0.3) is 0 Å². The van der Waals surface area contributed by atoms with E-state index >= 15 is 0 Å². The summed E-state index contributed by atoms with van der Waals surface area (Å²) in [5.74, 6) is 0. The third-order valence-electron chi connectivity index (χ3n) is 2.91. The van der Waals surface area contributed by atoms with E-state index in [9.17, 15) is 8.42 Å². The Morgan fingerprint density at radius 2 is 2.17 bits per heavy atom. The third-order valence-corrected chi connectivity index (χ3v) is 5.72. The fraction of sp³-hybridized carbons (Fsp3) is 0.636. The lowest BCUT2D eigenvalue weighted by Crippen LogP contribution is -2.38. The molecule has 7 heteroatoms. The van der Waals surface area contributed by atoms with Crippen molar-refractivity contribution in [2.75, 3.05) is 13.2 Å². The molecule has 18 heavy (non-hydrogen) atoms. The molecule has 2 N–H and O–H groups in total. The Morgan fingerprint density at radius 3 is 2.72 bits per heavy atom. The molecular weight excluding hydrogens is 274 g/mol. The van der Waals surface area contributed by atoms with Gasteiger partial charge in [0.25, 0.3) is 0 Å². The van der Waals surface area contributed by atoms with Gasteiger partial charge in [-0.2, -0.15) is 0 Å². The zero-order valence-electron chi connectivity index (χ0n) is 10.2. The van der Waals surface area contributed by atoms with Crippen LogP contribution in [0.15, 0.2) is 11.0 Å². The lowest BCUT2D eigenvalue weighted by molar-refractivity contribution is 0.0832. The Kier molecular flexibility index (Phi) is 4.39. The first kappa shape index (κ1) is 14.0. The predicted octanol–water partition coefficient (Wildman–Crippen LogP) is 1.01. The molecule has 0 radical (unpaired) electrons. The van der Waals surface area contributed by atoms with Crippen LogP contribution in [0.5, 0.6) is 0 Å². The van der Waals surface area contributed by atoms with Crippen LogP contribution in [0.2, 0.25) is 0 Å². The van der Waals surface area contributed by atoms with Crippen molar-refractivity contribution >= 4 is 21.4 Å². The van der Waals surface area contributed by atoms with Crippen molar-refractivity contribution in [2.45, 2.75) is 37.3 Å². The Morgan fingerprint density at radius 1 is 1.50 bits per heavy atom. The largest absolute Gasteiger partial charge is 0.391 e. The van der Waals surface area contributed by atoms with Gasteiger partial charge in [0.1, 0.15) is 0 Å². The molecule has 0 atom stereocenters. The van der Waals surface area contributed by atoms with E-state index in [1.165, 1.54) is 11.3 Å². The quantitative estimate of drug-likeness (QED) is 0.868. The zero-order valence-corrected chi connectivity index (χ0v) is 11.8. The summed E-state index contributed by atoms with van der Waals surface area (Å²) in [5, 5.41) is 9.04. The molecule has 5 nitrogen and oxygen atoms in total. The molecule has 102 valence electrons. The second-order valence-corrected chi connectivity index (χ2v) is 7.32. The molecule has 0 saturated carbocycles. The molecule has 1 saturated heterocycles. The number of thiophene rings is 1. The highest BCUT2D eigenvalue weighted by atomic mass is 32.2. The number of rotatable bonds is 4. The summed E-state index contributed by atoms with van der Waals surface area (Å²) < 4.78 is 32.4. The van der Waals surface area contributed by atoms with Crippen molar-refractivity contribution < 1.29 is 18.3 Å². The number of aryl methyl sites for hydroxylation is 1. The van der Waals surface area contributed by atoms with E-state index in [-0.39, 0.29) is 17.5 Å². The van der Waals surface area contributed by atoms with E-state index in [0.717, 1.165) is 0 Å². The van der Waals surface area contributed by atoms with Crippen LogP contribution in [0.3, 0.4) is 0 Å². The first-order chi connectivity index (χ1) is 8.53. The van der Waals surface area contributed by atoms with Crippen LogP contribution < -0.4 is 4.72 Å². The highest BCUT2D eigenvalue weighted by Crippen LogP contribution is 2.26. The number of aliphatic hydroxyl groups excluding tert-OH is 1. The topological polar surface area (TPSA) is 75.6 Å². The summed E-state index contributed by atoms with van der Waals surface area (Å²) in [6.07, 6.45) is 1.41. The number of aliphatic hydroxyl groups is 1. The van der Waals surface area contributed by atoms with Crippen LogP contribution in [0.1, 0.15) is 22.6 Å². The maximum Gasteiger partial charge on any atom is 0.241 e. The fourth-order valence-electron chi connectivity index (χ4n) is 1.97. The normalized spacial score (nSPS) is 18.1. The van der Waals surface area contributed by atoms with Crippen molar-refractivity contribution in [3.8, 4) is 0 Å². The molecule has 1 aromatic rings. The van der Waals surface area contributed by atoms with Gasteiger partial charge >= 0.3 is 0 Å². The highest BCUT2D eigenvalue weighted by Gasteiger charge is 2.24. The van der Waals surface area contributed by atoms with Crippen molar-refractivity contribution in [1.29, 1.82) is 0 Å². The fourth-order valence-corrected chi connectivity index (χ4v) is 4.77. The molecular formula is C11H17NO4S2. The van der Waals surface area contributed by atoms with Gasteiger partial charge in [0.15, 0.2) is 0 Å². The Labute approximate surface area is 111 Å². The second kappa shape index (κ2) is 5.66. The minimum Gasteiger partial charge on any atom is -0.391 e. The molecule has 0 unspecified atom stereocenters. The summed E-state index contributed by atoms with van der Waals surface area (Å²) in [7, 11) is -3.49. The van der Waals surface area contributed by atoms with Crippen molar-refractivity contribution in [3.63, 3.8) is 0 Å². The minimum atomic E-state index is -3.49. The van der Waals surface area contributed by atoms with Crippen LogP contribution in [0.4, 0.5) is 0 Å². The average molecular weight is 291 g/mol. The molecule has 0 aromatic carbocycles. The van der Waals surface area contributed by atoms with E-state index in [1.807, 2.05) is 0 Å². The summed E-state index contributed by atoms with van der Waals surface area (Å²) >= 11 is 1.31. The predicted molar refractivity (Wildman–Crippen MR) is 69.1 cm³/mol. The van der Waals surface area contributed by atoms with Crippen LogP contribution in [0, 0.1) is 6.92 Å². The van der Waals surface area contributed by atoms with Crippen LogP contribution in [-0.4, -0.2) is 32.8 Å². The van der Waals surface area contributed by atoms with Crippen molar-refractivity contribution in [3.05, 3.63) is 15.8 Å². The smallest absolute Gasteiger partial charge is 0.241 e. The molecule has 1 fully saturated rings. The van der Waals surface area contributed by atoms with Gasteiger partial charge in [-0.1, -0.05) is 0 Å². The van der Waals surface area contributed by atoms with Crippen LogP contribution >= 0.6 is 11.3 Å². The Balaban J connectivity index is 2.16. The SMILES string of the molecule is Cc1sc(CO)cc1S(=O)(=O)NC1CCOCC1. The molecule has 0 spiro atoms. The lowest BCUT2D eigenvalue weighted by atomic mass is 10.1. The molecule has 1 aliphatic heterocycles. The zero-order chi connectivity index (χ0) is 13.2. The molecule has 1 aliphatic rings. The number of hydrogen-bond donors (Lipinski definition) is 2. The molecule has 0 amide bonds. The molecule has 0 bridgehead atoms. The van der Waals surface area contributed by atoms with Crippen LogP contribution in [-0.2, 0) is 21.4 Å². The van der Waals surface area contributed by atoms with E-state index in [4.69, 9.17) is 9.84 Å². The Bertz CT molecular complexity index is 503. The van der Waals surface area contributed by atoms with Gasteiger partial charge in [0.05, 0.1) is 11.5 Å². The highest BCUT2D eigenvalue weighted by molar-refractivity contribution is 7.89. The number of hydrogen-bond acceptors (Lipinski definition) is 5. The Hall–Kier alpha value is -0.470. The van der Waals surface area contributed by atoms with Gasteiger partial charge in [0.2, 0.25) is 10.0 Å². The van der Waals surface area contributed by atoms with Crippen molar-refractivity contribution in [1.82, 2.24) is 4.72 Å². The maximum atomic E-state index is 12.2. The second-order valence-electron chi connectivity index (χ2n) is 4.30.